The lowest BCUT2D eigenvalue weighted by molar-refractivity contribution is -0.120. The van der Waals surface area contributed by atoms with E-state index in [2.05, 4.69) is 24.1 Å². The van der Waals surface area contributed by atoms with Crippen molar-refractivity contribution in [2.75, 3.05) is 6.79 Å². The van der Waals surface area contributed by atoms with Gasteiger partial charge in [-0.25, -0.2) is 4.98 Å². The Bertz CT molecular complexity index is 730. The van der Waals surface area contributed by atoms with E-state index in [4.69, 9.17) is 15.2 Å². The molecule has 0 radical (unpaired) electrons. The number of nitrogens with one attached hydrogen (secondary N) is 1. The molecule has 0 fully saturated rings. The third kappa shape index (κ3) is 3.85. The van der Waals surface area contributed by atoms with E-state index < -0.39 is 0 Å². The summed E-state index contributed by atoms with van der Waals surface area (Å²) in [6.07, 6.45) is 0.256. The number of thiazole rings is 1. The smallest absolute Gasteiger partial charge is 0.231 e. The second-order valence-corrected chi connectivity index (χ2v) is 6.98. The van der Waals surface area contributed by atoms with Crippen LogP contribution < -0.4 is 20.5 Å². The zero-order valence-electron chi connectivity index (χ0n) is 13.7. The lowest BCUT2D eigenvalue weighted by atomic mass is 10.1. The van der Waals surface area contributed by atoms with Crippen molar-refractivity contribution in [2.24, 2.45) is 11.7 Å². The molecule has 1 aromatic carbocycles. The maximum Gasteiger partial charge on any atom is 0.231 e. The number of carbonyl (C=O) groups is 1. The number of benzene rings is 1. The molecule has 1 aliphatic heterocycles. The SMILES string of the molecule is CC(C)C(N)c1nc(CC(=O)NCc2ccc3c(c2)OCO3)cs1. The molecule has 0 bridgehead atoms. The lowest BCUT2D eigenvalue weighted by Crippen LogP contribution is -2.24. The van der Waals surface area contributed by atoms with E-state index >= 15 is 0 Å². The van der Waals surface area contributed by atoms with Crippen molar-refractivity contribution in [3.8, 4) is 11.5 Å². The summed E-state index contributed by atoms with van der Waals surface area (Å²) in [4.78, 5) is 16.6. The molecule has 0 saturated heterocycles. The van der Waals surface area contributed by atoms with Gasteiger partial charge in [0.25, 0.3) is 0 Å². The molecule has 0 saturated carbocycles. The van der Waals surface area contributed by atoms with E-state index in [-0.39, 0.29) is 25.2 Å². The summed E-state index contributed by atoms with van der Waals surface area (Å²) in [5, 5.41) is 5.68. The molecule has 1 unspecified atom stereocenters. The molecular formula is C17H21N3O3S. The zero-order valence-corrected chi connectivity index (χ0v) is 14.6. The van der Waals surface area contributed by atoms with E-state index in [1.165, 1.54) is 11.3 Å². The summed E-state index contributed by atoms with van der Waals surface area (Å²) in [6, 6.07) is 5.56. The number of fused-ring (bicyclic) bond motifs is 1. The molecule has 2 heterocycles. The number of carbonyl (C=O) groups excluding carboxylic acids is 1. The average molecular weight is 347 g/mol. The molecule has 1 aliphatic rings. The zero-order chi connectivity index (χ0) is 17.1. The van der Waals surface area contributed by atoms with E-state index in [1.54, 1.807) is 0 Å². The van der Waals surface area contributed by atoms with Gasteiger partial charge in [0.1, 0.15) is 5.01 Å². The molecule has 1 atom stereocenters. The molecule has 7 heteroatoms. The minimum atomic E-state index is -0.0829. The Kier molecular flexibility index (Phi) is 5.01. The van der Waals surface area contributed by atoms with Crippen LogP contribution in [-0.2, 0) is 17.8 Å². The maximum absolute atomic E-state index is 12.1. The fraction of sp³-hybridized carbons (Fsp3) is 0.412. The molecule has 128 valence electrons. The van der Waals surface area contributed by atoms with Crippen molar-refractivity contribution in [1.29, 1.82) is 0 Å². The van der Waals surface area contributed by atoms with Gasteiger partial charge in [0.05, 0.1) is 18.2 Å². The summed E-state index contributed by atoms with van der Waals surface area (Å²) in [7, 11) is 0. The quantitative estimate of drug-likeness (QED) is 0.838. The molecule has 6 nitrogen and oxygen atoms in total. The summed E-state index contributed by atoms with van der Waals surface area (Å²) in [5.74, 6) is 1.71. The van der Waals surface area contributed by atoms with Gasteiger partial charge in [0.15, 0.2) is 11.5 Å². The summed E-state index contributed by atoms with van der Waals surface area (Å²) in [5.41, 5.74) is 7.81. The number of aromatic nitrogens is 1. The topological polar surface area (TPSA) is 86.5 Å². The molecule has 0 spiro atoms. The number of nitrogens with two attached hydrogens (primary N) is 1. The van der Waals surface area contributed by atoms with Crippen LogP contribution in [0.3, 0.4) is 0 Å². The molecular weight excluding hydrogens is 326 g/mol. The predicted molar refractivity (Wildman–Crippen MR) is 92.0 cm³/mol. The van der Waals surface area contributed by atoms with Gasteiger partial charge < -0.3 is 20.5 Å². The number of hydrogen-bond donors (Lipinski definition) is 2. The fourth-order valence-corrected chi connectivity index (χ4v) is 3.31. The van der Waals surface area contributed by atoms with Crippen LogP contribution >= 0.6 is 11.3 Å². The van der Waals surface area contributed by atoms with Crippen LogP contribution in [0.4, 0.5) is 0 Å². The Balaban J connectivity index is 1.52. The van der Waals surface area contributed by atoms with Gasteiger partial charge in [0, 0.05) is 11.9 Å². The summed E-state index contributed by atoms with van der Waals surface area (Å²) in [6.45, 7) is 4.81. The minimum absolute atomic E-state index is 0.0670. The Morgan fingerprint density at radius 1 is 1.38 bits per heavy atom. The third-order valence-electron chi connectivity index (χ3n) is 3.84. The maximum atomic E-state index is 12.1. The number of amides is 1. The highest BCUT2D eigenvalue weighted by Crippen LogP contribution is 2.32. The lowest BCUT2D eigenvalue weighted by Gasteiger charge is -2.11. The highest BCUT2D eigenvalue weighted by atomic mass is 32.1. The molecule has 0 aliphatic carbocycles. The standard InChI is InChI=1S/C17H21N3O3S/c1-10(2)16(18)17-20-12(8-24-17)6-15(21)19-7-11-3-4-13-14(5-11)23-9-22-13/h3-5,8,10,16H,6-7,9,18H2,1-2H3,(H,19,21). The first kappa shape index (κ1) is 16.7. The average Bonchev–Trinajstić information content (AvgIpc) is 3.20. The predicted octanol–water partition coefficient (Wildman–Crippen LogP) is 2.39. The number of hydrogen-bond acceptors (Lipinski definition) is 6. The second-order valence-electron chi connectivity index (χ2n) is 6.09. The molecule has 3 N–H and O–H groups in total. The minimum Gasteiger partial charge on any atom is -0.454 e. The van der Waals surface area contributed by atoms with Crippen LogP contribution in [0.25, 0.3) is 0 Å². The fourth-order valence-electron chi connectivity index (χ4n) is 2.32. The number of nitrogens with zero attached hydrogens (tertiary/aromatic N) is 1. The molecule has 24 heavy (non-hydrogen) atoms. The molecule has 1 aromatic heterocycles. The van der Waals surface area contributed by atoms with Gasteiger partial charge in [-0.3, -0.25) is 4.79 Å². The monoisotopic (exact) mass is 347 g/mol. The Morgan fingerprint density at radius 3 is 2.96 bits per heavy atom. The number of ether oxygens (including phenoxy) is 2. The van der Waals surface area contributed by atoms with Crippen LogP contribution in [0.5, 0.6) is 11.5 Å². The van der Waals surface area contributed by atoms with Gasteiger partial charge in [0.2, 0.25) is 12.7 Å². The van der Waals surface area contributed by atoms with Crippen molar-refractivity contribution in [3.05, 3.63) is 39.8 Å². The Labute approximate surface area is 145 Å². The van der Waals surface area contributed by atoms with Crippen molar-refractivity contribution < 1.29 is 14.3 Å². The van der Waals surface area contributed by atoms with Crippen LogP contribution in [0.2, 0.25) is 0 Å². The first-order chi connectivity index (χ1) is 11.5. The Hall–Kier alpha value is -2.12. The second kappa shape index (κ2) is 7.19. The van der Waals surface area contributed by atoms with Crippen LogP contribution in [-0.4, -0.2) is 17.7 Å². The molecule has 1 amide bonds. The summed E-state index contributed by atoms with van der Waals surface area (Å²) < 4.78 is 10.6. The Morgan fingerprint density at radius 2 is 2.17 bits per heavy atom. The first-order valence-corrected chi connectivity index (χ1v) is 8.76. The van der Waals surface area contributed by atoms with Crippen molar-refractivity contribution in [3.63, 3.8) is 0 Å². The van der Waals surface area contributed by atoms with E-state index in [1.807, 2.05) is 23.6 Å². The molecule has 2 aromatic rings. The van der Waals surface area contributed by atoms with Gasteiger partial charge in [-0.05, 0) is 23.6 Å². The van der Waals surface area contributed by atoms with Crippen molar-refractivity contribution in [1.82, 2.24) is 10.3 Å². The summed E-state index contributed by atoms with van der Waals surface area (Å²) >= 11 is 1.51. The first-order valence-electron chi connectivity index (χ1n) is 7.88. The van der Waals surface area contributed by atoms with E-state index in [0.29, 0.717) is 18.2 Å². The van der Waals surface area contributed by atoms with E-state index in [9.17, 15) is 4.79 Å². The highest BCUT2D eigenvalue weighted by molar-refractivity contribution is 7.09. The van der Waals surface area contributed by atoms with Crippen molar-refractivity contribution >= 4 is 17.2 Å². The van der Waals surface area contributed by atoms with Gasteiger partial charge in [-0.15, -0.1) is 11.3 Å². The van der Waals surface area contributed by atoms with Crippen molar-refractivity contribution in [2.45, 2.75) is 32.9 Å². The van der Waals surface area contributed by atoms with Gasteiger partial charge in [-0.2, -0.15) is 0 Å². The molecule has 3 rings (SSSR count). The highest BCUT2D eigenvalue weighted by Gasteiger charge is 2.16. The van der Waals surface area contributed by atoms with Crippen LogP contribution in [0.15, 0.2) is 23.6 Å². The van der Waals surface area contributed by atoms with Crippen LogP contribution in [0.1, 0.15) is 36.2 Å². The third-order valence-corrected chi connectivity index (χ3v) is 4.84. The van der Waals surface area contributed by atoms with E-state index in [0.717, 1.165) is 22.0 Å². The normalized spacial score (nSPS) is 14.0. The van der Waals surface area contributed by atoms with Gasteiger partial charge in [-0.1, -0.05) is 19.9 Å². The largest absolute Gasteiger partial charge is 0.454 e. The number of rotatable bonds is 6. The van der Waals surface area contributed by atoms with Crippen LogP contribution in [0, 0.1) is 5.92 Å². The van der Waals surface area contributed by atoms with Gasteiger partial charge >= 0.3 is 0 Å².